The van der Waals surface area contributed by atoms with Crippen molar-refractivity contribution in [2.75, 3.05) is 0 Å². The van der Waals surface area contributed by atoms with E-state index in [2.05, 4.69) is 15.4 Å². The fourth-order valence-electron chi connectivity index (χ4n) is 2.49. The summed E-state index contributed by atoms with van der Waals surface area (Å²) in [7, 11) is 0. The zero-order valence-electron chi connectivity index (χ0n) is 14.6. The second-order valence-electron chi connectivity index (χ2n) is 6.33. The van der Waals surface area contributed by atoms with Gasteiger partial charge in [0.05, 0.1) is 10.7 Å². The van der Waals surface area contributed by atoms with Crippen molar-refractivity contribution in [1.82, 2.24) is 20.1 Å². The molecule has 2 rings (SSSR count). The van der Waals surface area contributed by atoms with E-state index in [1.165, 1.54) is 0 Å². The first kappa shape index (κ1) is 18.9. The summed E-state index contributed by atoms with van der Waals surface area (Å²) in [5, 5.41) is 16.2. The van der Waals surface area contributed by atoms with E-state index in [1.807, 2.05) is 33.8 Å². The van der Waals surface area contributed by atoms with Crippen LogP contribution in [0.25, 0.3) is 5.82 Å². The third-order valence-electron chi connectivity index (χ3n) is 3.58. The fourth-order valence-corrected chi connectivity index (χ4v) is 2.68. The maximum absolute atomic E-state index is 12.5. The van der Waals surface area contributed by atoms with E-state index in [4.69, 9.17) is 11.6 Å². The lowest BCUT2D eigenvalue weighted by atomic mass is 10.0. The molecule has 0 saturated heterocycles. The number of hydrogen-bond donors (Lipinski definition) is 2. The number of nitrogens with one attached hydrogen (secondary N) is 1. The SMILES string of the molecule is Cc1cc(C)n(-c2ccc(Cl)c(C(=O)N[C@H](CC(C)C)C(=O)O)n2)n1. The minimum absolute atomic E-state index is 0.0262. The van der Waals surface area contributed by atoms with Crippen molar-refractivity contribution < 1.29 is 14.7 Å². The highest BCUT2D eigenvalue weighted by atomic mass is 35.5. The molecular weight excluding hydrogens is 344 g/mol. The molecule has 8 heteroatoms. The van der Waals surface area contributed by atoms with Crippen molar-refractivity contribution in [2.45, 2.75) is 40.2 Å². The first-order chi connectivity index (χ1) is 11.7. The molecule has 1 amide bonds. The number of carboxylic acids is 1. The topological polar surface area (TPSA) is 97.1 Å². The summed E-state index contributed by atoms with van der Waals surface area (Å²) in [5.41, 5.74) is 1.66. The van der Waals surface area contributed by atoms with Crippen molar-refractivity contribution in [3.05, 3.63) is 40.3 Å². The Morgan fingerprint density at radius 2 is 2.00 bits per heavy atom. The average Bonchev–Trinajstić information content (AvgIpc) is 2.85. The number of carbonyl (C=O) groups excluding carboxylic acids is 1. The first-order valence-electron chi connectivity index (χ1n) is 7.93. The third-order valence-corrected chi connectivity index (χ3v) is 3.89. The molecule has 2 aromatic rings. The van der Waals surface area contributed by atoms with Gasteiger partial charge in [-0.05, 0) is 44.4 Å². The Labute approximate surface area is 151 Å². The second kappa shape index (κ2) is 7.65. The molecule has 0 aliphatic rings. The van der Waals surface area contributed by atoms with Crippen LogP contribution in [0.5, 0.6) is 0 Å². The number of nitrogens with zero attached hydrogens (tertiary/aromatic N) is 3. The standard InChI is InChI=1S/C17H21ClN4O3/c1-9(2)7-13(17(24)25)19-16(23)15-12(18)5-6-14(20-15)22-11(4)8-10(3)21-22/h5-6,8-9,13H,7H2,1-4H3,(H,19,23)(H,24,25)/t13-/m1/s1. The Morgan fingerprint density at radius 3 is 2.52 bits per heavy atom. The molecule has 0 aliphatic carbocycles. The molecule has 7 nitrogen and oxygen atoms in total. The lowest BCUT2D eigenvalue weighted by molar-refractivity contribution is -0.139. The number of amides is 1. The van der Waals surface area contributed by atoms with Crippen LogP contribution in [0.4, 0.5) is 0 Å². The van der Waals surface area contributed by atoms with Gasteiger partial charge in [0.25, 0.3) is 5.91 Å². The Balaban J connectivity index is 2.31. The highest BCUT2D eigenvalue weighted by Crippen LogP contribution is 2.18. The molecule has 2 N–H and O–H groups in total. The zero-order valence-corrected chi connectivity index (χ0v) is 15.3. The molecule has 0 unspecified atom stereocenters. The quantitative estimate of drug-likeness (QED) is 0.821. The monoisotopic (exact) mass is 364 g/mol. The molecule has 0 spiro atoms. The number of rotatable bonds is 6. The summed E-state index contributed by atoms with van der Waals surface area (Å²) >= 11 is 6.09. The Hall–Kier alpha value is -2.41. The maximum Gasteiger partial charge on any atom is 0.326 e. The Bertz CT molecular complexity index is 801. The van der Waals surface area contributed by atoms with Crippen LogP contribution in [0.2, 0.25) is 5.02 Å². The fraction of sp³-hybridized carbons (Fsp3) is 0.412. The lowest BCUT2D eigenvalue weighted by Gasteiger charge is -2.17. The second-order valence-corrected chi connectivity index (χ2v) is 6.74. The van der Waals surface area contributed by atoms with Gasteiger partial charge in [-0.2, -0.15) is 5.10 Å². The van der Waals surface area contributed by atoms with E-state index < -0.39 is 17.9 Å². The van der Waals surface area contributed by atoms with Crippen LogP contribution < -0.4 is 5.32 Å². The number of halogens is 1. The van der Waals surface area contributed by atoms with Gasteiger partial charge in [0.2, 0.25) is 0 Å². The molecule has 25 heavy (non-hydrogen) atoms. The van der Waals surface area contributed by atoms with Gasteiger partial charge >= 0.3 is 5.97 Å². The van der Waals surface area contributed by atoms with E-state index in [0.717, 1.165) is 11.4 Å². The molecule has 2 heterocycles. The maximum atomic E-state index is 12.5. The summed E-state index contributed by atoms with van der Waals surface area (Å²) < 4.78 is 1.60. The van der Waals surface area contributed by atoms with E-state index >= 15 is 0 Å². The van der Waals surface area contributed by atoms with Gasteiger partial charge in [-0.1, -0.05) is 25.4 Å². The molecule has 134 valence electrons. The number of hydrogen-bond acceptors (Lipinski definition) is 4. The normalized spacial score (nSPS) is 12.2. The number of aromatic nitrogens is 3. The average molecular weight is 365 g/mol. The highest BCUT2D eigenvalue weighted by Gasteiger charge is 2.24. The number of aliphatic carboxylic acids is 1. The minimum atomic E-state index is -1.09. The molecule has 2 aromatic heterocycles. The van der Waals surface area contributed by atoms with E-state index in [0.29, 0.717) is 12.2 Å². The van der Waals surface area contributed by atoms with Crippen molar-refractivity contribution in [1.29, 1.82) is 0 Å². The predicted molar refractivity (Wildman–Crippen MR) is 94.2 cm³/mol. The predicted octanol–water partition coefficient (Wildman–Crippen LogP) is 2.77. The van der Waals surface area contributed by atoms with Crippen LogP contribution in [0.1, 0.15) is 42.1 Å². The lowest BCUT2D eigenvalue weighted by Crippen LogP contribution is -2.42. The third kappa shape index (κ3) is 4.57. The van der Waals surface area contributed by atoms with E-state index in [-0.39, 0.29) is 16.6 Å². The van der Waals surface area contributed by atoms with Crippen molar-refractivity contribution in [3.63, 3.8) is 0 Å². The molecule has 0 saturated carbocycles. The summed E-state index contributed by atoms with van der Waals surface area (Å²) in [6.45, 7) is 7.50. The van der Waals surface area contributed by atoms with Gasteiger partial charge in [-0.15, -0.1) is 0 Å². The number of carbonyl (C=O) groups is 2. The van der Waals surface area contributed by atoms with Crippen LogP contribution in [0, 0.1) is 19.8 Å². The van der Waals surface area contributed by atoms with Crippen molar-refractivity contribution >= 4 is 23.5 Å². The van der Waals surface area contributed by atoms with Gasteiger partial charge < -0.3 is 10.4 Å². The molecule has 0 fully saturated rings. The summed E-state index contributed by atoms with van der Waals surface area (Å²) in [5.74, 6) is -1.16. The van der Waals surface area contributed by atoms with Crippen molar-refractivity contribution in [2.24, 2.45) is 5.92 Å². The molecule has 0 aliphatic heterocycles. The smallest absolute Gasteiger partial charge is 0.326 e. The molecule has 0 radical (unpaired) electrons. The Kier molecular flexibility index (Phi) is 5.79. The van der Waals surface area contributed by atoms with Crippen LogP contribution in [-0.2, 0) is 4.79 Å². The summed E-state index contributed by atoms with van der Waals surface area (Å²) in [6.07, 6.45) is 0.315. The van der Waals surface area contributed by atoms with Gasteiger partial charge in [-0.25, -0.2) is 14.5 Å². The Morgan fingerprint density at radius 1 is 1.32 bits per heavy atom. The van der Waals surface area contributed by atoms with Crippen LogP contribution in [0.15, 0.2) is 18.2 Å². The minimum Gasteiger partial charge on any atom is -0.480 e. The van der Waals surface area contributed by atoms with Crippen LogP contribution >= 0.6 is 11.6 Å². The van der Waals surface area contributed by atoms with Gasteiger partial charge in [-0.3, -0.25) is 4.79 Å². The summed E-state index contributed by atoms with van der Waals surface area (Å²) in [4.78, 5) is 28.1. The van der Waals surface area contributed by atoms with Gasteiger partial charge in [0.15, 0.2) is 5.82 Å². The van der Waals surface area contributed by atoms with E-state index in [1.54, 1.807) is 16.8 Å². The number of aryl methyl sites for hydroxylation is 2. The molecule has 0 bridgehead atoms. The summed E-state index contributed by atoms with van der Waals surface area (Å²) in [6, 6.07) is 4.09. The molecule has 1 atom stereocenters. The largest absolute Gasteiger partial charge is 0.480 e. The molecular formula is C17H21ClN4O3. The van der Waals surface area contributed by atoms with Crippen LogP contribution in [0.3, 0.4) is 0 Å². The first-order valence-corrected chi connectivity index (χ1v) is 8.30. The molecule has 0 aromatic carbocycles. The highest BCUT2D eigenvalue weighted by molar-refractivity contribution is 6.33. The van der Waals surface area contributed by atoms with Gasteiger partial charge in [0.1, 0.15) is 11.7 Å². The zero-order chi connectivity index (χ0) is 18.7. The van der Waals surface area contributed by atoms with Crippen LogP contribution in [-0.4, -0.2) is 37.8 Å². The number of carboxylic acid groups (broad SMARTS) is 1. The van der Waals surface area contributed by atoms with E-state index in [9.17, 15) is 14.7 Å². The van der Waals surface area contributed by atoms with Gasteiger partial charge in [0, 0.05) is 5.69 Å². The number of pyridine rings is 1. The van der Waals surface area contributed by atoms with Crippen molar-refractivity contribution in [3.8, 4) is 5.82 Å².